The Morgan fingerprint density at radius 2 is 2.14 bits per heavy atom. The average molecular weight is 350 g/mol. The molecule has 0 atom stereocenters. The molecule has 21 heavy (non-hydrogen) atoms. The second-order valence-corrected chi connectivity index (χ2v) is 5.75. The molecule has 1 amide bonds. The van der Waals surface area contributed by atoms with E-state index in [0.717, 1.165) is 34.5 Å². The third-order valence-electron chi connectivity index (χ3n) is 3.59. The summed E-state index contributed by atoms with van der Waals surface area (Å²) in [5, 5.41) is 7.33. The molecule has 0 bridgehead atoms. The summed E-state index contributed by atoms with van der Waals surface area (Å²) in [7, 11) is 1.66. The molecule has 2 aromatic rings. The van der Waals surface area contributed by atoms with Gasteiger partial charge < -0.3 is 5.32 Å². The number of nitrogens with zero attached hydrogens (tertiary/aromatic N) is 4. The van der Waals surface area contributed by atoms with Crippen LogP contribution < -0.4 is 5.32 Å². The maximum atomic E-state index is 11.5. The number of nitrogens with one attached hydrogen (secondary N) is 1. The largest absolute Gasteiger partial charge is 0.358 e. The Kier molecular flexibility index (Phi) is 4.03. The third-order valence-corrected chi connectivity index (χ3v) is 4.43. The van der Waals surface area contributed by atoms with E-state index in [1.807, 2.05) is 16.8 Å². The van der Waals surface area contributed by atoms with Crippen LogP contribution in [-0.2, 0) is 17.9 Å². The fourth-order valence-electron chi connectivity index (χ4n) is 2.45. The summed E-state index contributed by atoms with van der Waals surface area (Å²) in [5.41, 5.74) is 3.07. The SMILES string of the molecule is CNC(=O)CN1CCn2nc(-c3ccncc3)c(Br)c2C1. The zero-order chi connectivity index (χ0) is 14.8. The van der Waals surface area contributed by atoms with Crippen LogP contribution in [0, 0.1) is 0 Å². The minimum absolute atomic E-state index is 0.0356. The highest BCUT2D eigenvalue weighted by Crippen LogP contribution is 2.32. The lowest BCUT2D eigenvalue weighted by molar-refractivity contribution is -0.122. The van der Waals surface area contributed by atoms with Gasteiger partial charge in [-0.05, 0) is 28.1 Å². The van der Waals surface area contributed by atoms with Gasteiger partial charge in [-0.2, -0.15) is 5.10 Å². The molecule has 0 saturated carbocycles. The molecule has 1 N–H and O–H groups in total. The summed E-state index contributed by atoms with van der Waals surface area (Å²) in [4.78, 5) is 17.7. The predicted molar refractivity (Wildman–Crippen MR) is 82.5 cm³/mol. The van der Waals surface area contributed by atoms with E-state index in [9.17, 15) is 4.79 Å². The molecule has 1 aliphatic rings. The number of hydrogen-bond acceptors (Lipinski definition) is 4. The standard InChI is InChI=1S/C14H16BrN5O/c1-16-12(21)9-19-6-7-20-11(8-19)13(15)14(18-20)10-2-4-17-5-3-10/h2-5H,6-9H2,1H3,(H,16,21). The number of carbonyl (C=O) groups is 1. The Bertz CT molecular complexity index is 655. The van der Waals surface area contributed by atoms with Crippen molar-refractivity contribution in [3.63, 3.8) is 0 Å². The van der Waals surface area contributed by atoms with Gasteiger partial charge in [-0.25, -0.2) is 0 Å². The number of aromatic nitrogens is 3. The first-order valence-corrected chi connectivity index (χ1v) is 7.57. The molecule has 0 saturated heterocycles. The lowest BCUT2D eigenvalue weighted by atomic mass is 10.2. The molecule has 0 spiro atoms. The summed E-state index contributed by atoms with van der Waals surface area (Å²) in [5.74, 6) is 0.0356. The smallest absolute Gasteiger partial charge is 0.233 e. The van der Waals surface area contributed by atoms with Crippen molar-refractivity contribution in [2.75, 3.05) is 20.1 Å². The highest BCUT2D eigenvalue weighted by Gasteiger charge is 2.24. The van der Waals surface area contributed by atoms with Gasteiger partial charge in [0, 0.05) is 38.1 Å². The average Bonchev–Trinajstić information content (AvgIpc) is 2.85. The lowest BCUT2D eigenvalue weighted by Gasteiger charge is -2.26. The van der Waals surface area contributed by atoms with Gasteiger partial charge >= 0.3 is 0 Å². The Hall–Kier alpha value is -1.73. The van der Waals surface area contributed by atoms with Crippen molar-refractivity contribution in [1.29, 1.82) is 0 Å². The van der Waals surface area contributed by atoms with Crippen LogP contribution in [-0.4, -0.2) is 45.7 Å². The normalized spacial score (nSPS) is 14.8. The van der Waals surface area contributed by atoms with Crippen LogP contribution in [0.5, 0.6) is 0 Å². The molecule has 0 unspecified atom stereocenters. The van der Waals surface area contributed by atoms with Crippen molar-refractivity contribution < 1.29 is 4.79 Å². The summed E-state index contributed by atoms with van der Waals surface area (Å²) in [6, 6.07) is 3.89. The van der Waals surface area contributed by atoms with Gasteiger partial charge in [0.1, 0.15) is 5.69 Å². The summed E-state index contributed by atoms with van der Waals surface area (Å²) < 4.78 is 3.01. The van der Waals surface area contributed by atoms with Gasteiger partial charge in [0.2, 0.25) is 5.91 Å². The van der Waals surface area contributed by atoms with Crippen LogP contribution in [0.4, 0.5) is 0 Å². The lowest BCUT2D eigenvalue weighted by Crippen LogP contribution is -2.40. The molecule has 0 aliphatic carbocycles. The summed E-state index contributed by atoms with van der Waals surface area (Å²) >= 11 is 3.65. The second kappa shape index (κ2) is 5.95. The van der Waals surface area contributed by atoms with Crippen LogP contribution >= 0.6 is 15.9 Å². The molecule has 3 rings (SSSR count). The Labute approximate surface area is 131 Å². The van der Waals surface area contributed by atoms with Crippen molar-refractivity contribution in [2.24, 2.45) is 0 Å². The van der Waals surface area contributed by atoms with E-state index in [-0.39, 0.29) is 5.91 Å². The number of halogens is 1. The molecular weight excluding hydrogens is 334 g/mol. The van der Waals surface area contributed by atoms with E-state index in [1.165, 1.54) is 0 Å². The molecule has 0 aromatic carbocycles. The van der Waals surface area contributed by atoms with E-state index < -0.39 is 0 Å². The molecule has 0 radical (unpaired) electrons. The summed E-state index contributed by atoms with van der Waals surface area (Å²) in [6.07, 6.45) is 3.52. The van der Waals surface area contributed by atoms with Gasteiger partial charge in [-0.1, -0.05) is 0 Å². The molecule has 2 aromatic heterocycles. The first kappa shape index (κ1) is 14.2. The summed E-state index contributed by atoms with van der Waals surface area (Å²) in [6.45, 7) is 2.74. The number of amides is 1. The molecule has 6 nitrogen and oxygen atoms in total. The van der Waals surface area contributed by atoms with Crippen molar-refractivity contribution in [2.45, 2.75) is 13.1 Å². The topological polar surface area (TPSA) is 63.1 Å². The highest BCUT2D eigenvalue weighted by atomic mass is 79.9. The number of carbonyl (C=O) groups excluding carboxylic acids is 1. The molecule has 7 heteroatoms. The van der Waals surface area contributed by atoms with Crippen molar-refractivity contribution in [3.8, 4) is 11.3 Å². The predicted octanol–water partition coefficient (Wildman–Crippen LogP) is 1.27. The Morgan fingerprint density at radius 1 is 1.38 bits per heavy atom. The van der Waals surface area contributed by atoms with Crippen molar-refractivity contribution in [3.05, 3.63) is 34.7 Å². The first-order chi connectivity index (χ1) is 10.2. The molecule has 0 fully saturated rings. The van der Waals surface area contributed by atoms with Gasteiger partial charge in [-0.3, -0.25) is 19.4 Å². The van der Waals surface area contributed by atoms with E-state index in [1.54, 1.807) is 19.4 Å². The molecule has 1 aliphatic heterocycles. The van der Waals surface area contributed by atoms with Crippen LogP contribution in [0.3, 0.4) is 0 Å². The maximum absolute atomic E-state index is 11.5. The number of hydrogen-bond donors (Lipinski definition) is 1. The highest BCUT2D eigenvalue weighted by molar-refractivity contribution is 9.10. The van der Waals surface area contributed by atoms with Gasteiger partial charge in [0.15, 0.2) is 0 Å². The number of rotatable bonds is 3. The van der Waals surface area contributed by atoms with Crippen LogP contribution in [0.25, 0.3) is 11.3 Å². The van der Waals surface area contributed by atoms with Crippen molar-refractivity contribution >= 4 is 21.8 Å². The number of fused-ring (bicyclic) bond motifs is 1. The Balaban J connectivity index is 1.86. The van der Waals surface area contributed by atoms with Crippen LogP contribution in [0.1, 0.15) is 5.69 Å². The van der Waals surface area contributed by atoms with Crippen LogP contribution in [0.15, 0.2) is 29.0 Å². The third kappa shape index (κ3) is 2.84. The number of pyridine rings is 1. The van der Waals surface area contributed by atoms with E-state index >= 15 is 0 Å². The molecule has 110 valence electrons. The maximum Gasteiger partial charge on any atom is 0.233 e. The second-order valence-electron chi connectivity index (χ2n) is 4.95. The molecule has 3 heterocycles. The minimum Gasteiger partial charge on any atom is -0.358 e. The zero-order valence-electron chi connectivity index (χ0n) is 11.7. The fraction of sp³-hybridized carbons (Fsp3) is 0.357. The zero-order valence-corrected chi connectivity index (χ0v) is 13.3. The first-order valence-electron chi connectivity index (χ1n) is 6.77. The molecular formula is C14H16BrN5O. The monoisotopic (exact) mass is 349 g/mol. The minimum atomic E-state index is 0.0356. The van der Waals surface area contributed by atoms with Gasteiger partial charge in [0.25, 0.3) is 0 Å². The van der Waals surface area contributed by atoms with Gasteiger partial charge in [-0.15, -0.1) is 0 Å². The van der Waals surface area contributed by atoms with E-state index in [0.29, 0.717) is 13.1 Å². The van der Waals surface area contributed by atoms with Crippen LogP contribution in [0.2, 0.25) is 0 Å². The number of likely N-dealkylation sites (N-methyl/N-ethyl adjacent to an activating group) is 1. The Morgan fingerprint density at radius 3 is 2.86 bits per heavy atom. The quantitative estimate of drug-likeness (QED) is 0.906. The van der Waals surface area contributed by atoms with Gasteiger partial charge in [0.05, 0.1) is 23.3 Å². The fourth-order valence-corrected chi connectivity index (χ4v) is 3.09. The van der Waals surface area contributed by atoms with Crippen molar-refractivity contribution in [1.82, 2.24) is 25.0 Å². The van der Waals surface area contributed by atoms with E-state index in [2.05, 4.69) is 36.2 Å². The van der Waals surface area contributed by atoms with E-state index in [4.69, 9.17) is 0 Å².